The topological polar surface area (TPSA) is 40.5 Å². The summed E-state index contributed by atoms with van der Waals surface area (Å²) in [5.41, 5.74) is 0.654. The predicted molar refractivity (Wildman–Crippen MR) is 55.3 cm³/mol. The molecule has 0 saturated heterocycles. The van der Waals surface area contributed by atoms with Crippen LogP contribution in [0.15, 0.2) is 24.3 Å². The zero-order valence-electron chi connectivity index (χ0n) is 9.16. The summed E-state index contributed by atoms with van der Waals surface area (Å²) in [7, 11) is 1.31. The number of amides is 1. The molecule has 0 saturated carbocycles. The van der Waals surface area contributed by atoms with E-state index in [1.165, 1.54) is 19.2 Å². The van der Waals surface area contributed by atoms with Gasteiger partial charge >= 0.3 is 6.18 Å². The lowest BCUT2D eigenvalue weighted by atomic mass is 10.2. The van der Waals surface area contributed by atoms with Crippen LogP contribution in [-0.2, 0) is 11.3 Å². The van der Waals surface area contributed by atoms with E-state index >= 15 is 0 Å². The average Bonchev–Trinajstić information content (AvgIpc) is 2.19. The summed E-state index contributed by atoms with van der Waals surface area (Å²) in [5, 5.41) is 9.02. The summed E-state index contributed by atoms with van der Waals surface area (Å²) in [6.07, 6.45) is -5.94. The van der Waals surface area contributed by atoms with E-state index in [2.05, 4.69) is 0 Å². The van der Waals surface area contributed by atoms with Crippen molar-refractivity contribution in [3.8, 4) is 5.75 Å². The van der Waals surface area contributed by atoms with Crippen molar-refractivity contribution in [2.24, 2.45) is 0 Å². The van der Waals surface area contributed by atoms with Crippen LogP contribution in [0, 0.1) is 0 Å². The van der Waals surface area contributed by atoms with Crippen molar-refractivity contribution in [1.29, 1.82) is 0 Å². The van der Waals surface area contributed by atoms with Crippen molar-refractivity contribution in [2.45, 2.75) is 19.1 Å². The van der Waals surface area contributed by atoms with Gasteiger partial charge in [-0.1, -0.05) is 12.1 Å². The van der Waals surface area contributed by atoms with Gasteiger partial charge in [-0.2, -0.15) is 13.2 Å². The fraction of sp³-hybridized carbons (Fsp3) is 0.364. The molecule has 1 rings (SSSR count). The van der Waals surface area contributed by atoms with Gasteiger partial charge in [-0.05, 0) is 17.7 Å². The molecule has 1 N–H and O–H groups in total. The summed E-state index contributed by atoms with van der Waals surface area (Å²) in [6.45, 7) is 0.0786. The average molecular weight is 247 g/mol. The van der Waals surface area contributed by atoms with Gasteiger partial charge in [0.05, 0.1) is 0 Å². The number of aromatic hydroxyl groups is 1. The third-order valence-corrected chi connectivity index (χ3v) is 2.13. The van der Waals surface area contributed by atoms with Gasteiger partial charge in [-0.3, -0.25) is 4.79 Å². The second-order valence-electron chi connectivity index (χ2n) is 3.71. The van der Waals surface area contributed by atoms with E-state index in [0.717, 1.165) is 4.90 Å². The maximum atomic E-state index is 12.0. The Bertz CT molecular complexity index is 387. The first-order chi connectivity index (χ1) is 7.78. The van der Waals surface area contributed by atoms with Crippen LogP contribution in [0.4, 0.5) is 13.2 Å². The fourth-order valence-corrected chi connectivity index (χ4v) is 1.27. The van der Waals surface area contributed by atoms with Crippen LogP contribution in [0.1, 0.15) is 12.0 Å². The normalized spacial score (nSPS) is 11.3. The Morgan fingerprint density at radius 3 is 2.29 bits per heavy atom. The number of phenols is 1. The molecule has 0 bridgehead atoms. The lowest BCUT2D eigenvalue weighted by molar-refractivity contribution is -0.160. The zero-order chi connectivity index (χ0) is 13.1. The molecule has 0 aromatic heterocycles. The molecule has 0 unspecified atom stereocenters. The van der Waals surface area contributed by atoms with E-state index in [0.29, 0.717) is 5.56 Å². The molecule has 0 aliphatic heterocycles. The van der Waals surface area contributed by atoms with Crippen LogP contribution in [-0.4, -0.2) is 29.1 Å². The molecule has 17 heavy (non-hydrogen) atoms. The summed E-state index contributed by atoms with van der Waals surface area (Å²) in [6, 6.07) is 5.92. The van der Waals surface area contributed by atoms with Crippen molar-refractivity contribution in [1.82, 2.24) is 4.90 Å². The molecule has 0 aliphatic carbocycles. The quantitative estimate of drug-likeness (QED) is 0.890. The van der Waals surface area contributed by atoms with Crippen molar-refractivity contribution in [3.05, 3.63) is 29.8 Å². The molecular weight excluding hydrogens is 235 g/mol. The van der Waals surface area contributed by atoms with E-state index in [1.807, 2.05) is 0 Å². The Balaban J connectivity index is 2.57. The molecule has 1 aromatic carbocycles. The lowest BCUT2D eigenvalue weighted by Gasteiger charge is -2.18. The maximum absolute atomic E-state index is 12.0. The van der Waals surface area contributed by atoms with Crippen molar-refractivity contribution in [3.63, 3.8) is 0 Å². The van der Waals surface area contributed by atoms with E-state index in [9.17, 15) is 18.0 Å². The monoisotopic (exact) mass is 247 g/mol. The van der Waals surface area contributed by atoms with Crippen LogP contribution in [0.3, 0.4) is 0 Å². The molecule has 6 heteroatoms. The maximum Gasteiger partial charge on any atom is 0.397 e. The van der Waals surface area contributed by atoms with Gasteiger partial charge in [0, 0.05) is 13.6 Å². The molecule has 0 aliphatic rings. The number of rotatable bonds is 3. The third-order valence-electron chi connectivity index (χ3n) is 2.13. The minimum Gasteiger partial charge on any atom is -0.508 e. The van der Waals surface area contributed by atoms with Gasteiger partial charge in [-0.25, -0.2) is 0 Å². The minimum absolute atomic E-state index is 0.0676. The summed E-state index contributed by atoms with van der Waals surface area (Å²) in [4.78, 5) is 12.2. The highest BCUT2D eigenvalue weighted by Gasteiger charge is 2.32. The first-order valence-corrected chi connectivity index (χ1v) is 4.86. The summed E-state index contributed by atoms with van der Waals surface area (Å²) in [5.74, 6) is -0.913. The first-order valence-electron chi connectivity index (χ1n) is 4.86. The number of phenolic OH excluding ortho intramolecular Hbond substituents is 1. The molecular formula is C11H12F3NO2. The first kappa shape index (κ1) is 13.3. The Kier molecular flexibility index (Phi) is 3.98. The molecule has 0 radical (unpaired) electrons. The molecule has 0 fully saturated rings. The van der Waals surface area contributed by atoms with Gasteiger partial charge in [0.15, 0.2) is 0 Å². The van der Waals surface area contributed by atoms with Gasteiger partial charge in [-0.15, -0.1) is 0 Å². The Morgan fingerprint density at radius 1 is 1.29 bits per heavy atom. The van der Waals surface area contributed by atoms with Crippen molar-refractivity contribution < 1.29 is 23.1 Å². The molecule has 1 aromatic rings. The SMILES string of the molecule is CN(Cc1ccc(O)cc1)C(=O)CC(F)(F)F. The van der Waals surface area contributed by atoms with E-state index < -0.39 is 18.5 Å². The van der Waals surface area contributed by atoms with Crippen LogP contribution in [0.2, 0.25) is 0 Å². The number of hydrogen-bond donors (Lipinski definition) is 1. The van der Waals surface area contributed by atoms with Crippen LogP contribution >= 0.6 is 0 Å². The van der Waals surface area contributed by atoms with Gasteiger partial charge in [0.25, 0.3) is 0 Å². The van der Waals surface area contributed by atoms with Gasteiger partial charge in [0.1, 0.15) is 12.2 Å². The van der Waals surface area contributed by atoms with E-state index in [4.69, 9.17) is 5.11 Å². The number of alkyl halides is 3. The number of halogens is 3. The fourth-order valence-electron chi connectivity index (χ4n) is 1.27. The van der Waals surface area contributed by atoms with Crippen molar-refractivity contribution in [2.75, 3.05) is 7.05 Å². The molecule has 0 atom stereocenters. The number of benzene rings is 1. The van der Waals surface area contributed by atoms with E-state index in [-0.39, 0.29) is 12.3 Å². The Morgan fingerprint density at radius 2 is 1.82 bits per heavy atom. The standard InChI is InChI=1S/C11H12F3NO2/c1-15(10(17)6-11(12,13)14)7-8-2-4-9(16)5-3-8/h2-5,16H,6-7H2,1H3. The number of carbonyl (C=O) groups excluding carboxylic acids is 1. The van der Waals surface area contributed by atoms with E-state index in [1.54, 1.807) is 12.1 Å². The van der Waals surface area contributed by atoms with Crippen molar-refractivity contribution >= 4 is 5.91 Å². The molecule has 0 heterocycles. The highest BCUT2D eigenvalue weighted by atomic mass is 19.4. The zero-order valence-corrected chi connectivity index (χ0v) is 9.16. The predicted octanol–water partition coefficient (Wildman–Crippen LogP) is 2.30. The minimum atomic E-state index is -4.49. The van der Waals surface area contributed by atoms with Gasteiger partial charge < -0.3 is 10.0 Å². The third kappa shape index (κ3) is 4.76. The van der Waals surface area contributed by atoms with Crippen LogP contribution in [0.5, 0.6) is 5.75 Å². The highest BCUT2D eigenvalue weighted by Crippen LogP contribution is 2.21. The highest BCUT2D eigenvalue weighted by molar-refractivity contribution is 5.76. The molecule has 94 valence electrons. The molecule has 3 nitrogen and oxygen atoms in total. The second-order valence-corrected chi connectivity index (χ2v) is 3.71. The van der Waals surface area contributed by atoms with Crippen LogP contribution in [0.25, 0.3) is 0 Å². The Hall–Kier alpha value is -1.72. The molecule has 0 spiro atoms. The number of hydrogen-bond acceptors (Lipinski definition) is 2. The summed E-state index contributed by atoms with van der Waals surface area (Å²) < 4.78 is 35.9. The largest absolute Gasteiger partial charge is 0.508 e. The smallest absolute Gasteiger partial charge is 0.397 e. The van der Waals surface area contributed by atoms with Gasteiger partial charge in [0.2, 0.25) is 5.91 Å². The molecule has 1 amide bonds. The Labute approximate surface area is 96.5 Å². The second kappa shape index (κ2) is 5.07. The number of nitrogens with zero attached hydrogens (tertiary/aromatic N) is 1. The van der Waals surface area contributed by atoms with Crippen LogP contribution < -0.4 is 0 Å². The summed E-state index contributed by atoms with van der Waals surface area (Å²) >= 11 is 0. The number of carbonyl (C=O) groups is 1. The lowest BCUT2D eigenvalue weighted by Crippen LogP contribution is -2.30.